The first-order valence-electron chi connectivity index (χ1n) is 5.97. The summed E-state index contributed by atoms with van der Waals surface area (Å²) in [6.07, 6.45) is 4.52. The van der Waals surface area contributed by atoms with Gasteiger partial charge in [-0.2, -0.15) is 24.7 Å². The summed E-state index contributed by atoms with van der Waals surface area (Å²) in [6, 6.07) is 0. The maximum atomic E-state index is 8.72. The molecule has 0 bridgehead atoms. The van der Waals surface area contributed by atoms with Gasteiger partial charge in [0.1, 0.15) is 12.7 Å². The molecule has 19 heavy (non-hydrogen) atoms. The molecular formula is C10H16N8O. The van der Waals surface area contributed by atoms with Crippen LogP contribution in [0.1, 0.15) is 12.8 Å². The van der Waals surface area contributed by atoms with Crippen molar-refractivity contribution in [3.8, 4) is 5.95 Å². The van der Waals surface area contributed by atoms with Crippen molar-refractivity contribution in [1.29, 1.82) is 0 Å². The Kier molecular flexibility index (Phi) is 4.56. The molecule has 0 atom stereocenters. The van der Waals surface area contributed by atoms with E-state index in [4.69, 9.17) is 5.11 Å². The number of rotatable bonds is 7. The second-order valence-corrected chi connectivity index (χ2v) is 3.73. The Morgan fingerprint density at radius 3 is 2.74 bits per heavy atom. The van der Waals surface area contributed by atoms with Crippen LogP contribution in [0.4, 0.5) is 11.9 Å². The van der Waals surface area contributed by atoms with Crippen molar-refractivity contribution in [1.82, 2.24) is 29.7 Å². The Bertz CT molecular complexity index is 500. The van der Waals surface area contributed by atoms with Crippen LogP contribution in [0.25, 0.3) is 5.95 Å². The maximum Gasteiger partial charge on any atom is 0.258 e. The molecule has 0 aliphatic carbocycles. The molecule has 0 aliphatic heterocycles. The zero-order chi connectivity index (χ0) is 13.5. The van der Waals surface area contributed by atoms with Gasteiger partial charge in [0.25, 0.3) is 5.95 Å². The minimum Gasteiger partial charge on any atom is -0.396 e. The summed E-state index contributed by atoms with van der Waals surface area (Å²) >= 11 is 0. The molecule has 102 valence electrons. The first-order chi connectivity index (χ1) is 9.33. The normalized spacial score (nSPS) is 10.4. The Morgan fingerprint density at radius 2 is 2.05 bits per heavy atom. The van der Waals surface area contributed by atoms with Gasteiger partial charge in [0.15, 0.2) is 0 Å². The molecular weight excluding hydrogens is 248 g/mol. The first kappa shape index (κ1) is 13.1. The van der Waals surface area contributed by atoms with Gasteiger partial charge in [-0.1, -0.05) is 0 Å². The zero-order valence-electron chi connectivity index (χ0n) is 10.6. The van der Waals surface area contributed by atoms with Gasteiger partial charge >= 0.3 is 0 Å². The summed E-state index contributed by atoms with van der Waals surface area (Å²) in [7, 11) is 1.73. The van der Waals surface area contributed by atoms with E-state index in [1.54, 1.807) is 7.05 Å². The summed E-state index contributed by atoms with van der Waals surface area (Å²) in [4.78, 5) is 16.5. The number of hydrogen-bond donors (Lipinski definition) is 3. The lowest BCUT2D eigenvalue weighted by molar-refractivity contribution is 0.286. The molecule has 2 aromatic rings. The number of nitrogens with zero attached hydrogens (tertiary/aromatic N) is 6. The molecule has 0 aromatic carbocycles. The average Bonchev–Trinajstić information content (AvgIpc) is 2.97. The fourth-order valence-corrected chi connectivity index (χ4v) is 1.41. The Morgan fingerprint density at radius 1 is 1.21 bits per heavy atom. The van der Waals surface area contributed by atoms with Crippen LogP contribution in [-0.2, 0) is 0 Å². The molecule has 0 saturated heterocycles. The fourth-order valence-electron chi connectivity index (χ4n) is 1.41. The van der Waals surface area contributed by atoms with Crippen molar-refractivity contribution in [2.45, 2.75) is 12.8 Å². The minimum absolute atomic E-state index is 0.185. The molecule has 2 rings (SSSR count). The summed E-state index contributed by atoms with van der Waals surface area (Å²) < 4.78 is 1.46. The monoisotopic (exact) mass is 264 g/mol. The van der Waals surface area contributed by atoms with Crippen molar-refractivity contribution in [2.24, 2.45) is 0 Å². The number of aromatic nitrogens is 6. The number of hydrogen-bond acceptors (Lipinski definition) is 8. The van der Waals surface area contributed by atoms with Gasteiger partial charge in [-0.25, -0.2) is 4.98 Å². The van der Waals surface area contributed by atoms with E-state index in [0.717, 1.165) is 12.8 Å². The van der Waals surface area contributed by atoms with E-state index in [1.807, 2.05) is 0 Å². The Balaban J connectivity index is 2.12. The van der Waals surface area contributed by atoms with Gasteiger partial charge in [0.2, 0.25) is 11.9 Å². The summed E-state index contributed by atoms with van der Waals surface area (Å²) in [5.41, 5.74) is 0. The highest BCUT2D eigenvalue weighted by molar-refractivity contribution is 5.37. The Labute approximate surface area is 110 Å². The second-order valence-electron chi connectivity index (χ2n) is 3.73. The highest BCUT2D eigenvalue weighted by atomic mass is 16.2. The average molecular weight is 264 g/mol. The van der Waals surface area contributed by atoms with Crippen LogP contribution in [0, 0.1) is 0 Å². The van der Waals surface area contributed by atoms with Gasteiger partial charge in [0.05, 0.1) is 0 Å². The summed E-state index contributed by atoms with van der Waals surface area (Å²) in [5, 5.41) is 18.6. The van der Waals surface area contributed by atoms with Crippen LogP contribution in [-0.4, -0.2) is 55.0 Å². The van der Waals surface area contributed by atoms with E-state index in [1.165, 1.54) is 17.3 Å². The maximum absolute atomic E-state index is 8.72. The molecule has 0 aliphatic rings. The molecule has 9 heteroatoms. The number of nitrogens with one attached hydrogen (secondary N) is 2. The Hall–Kier alpha value is -2.29. The van der Waals surface area contributed by atoms with E-state index in [-0.39, 0.29) is 6.61 Å². The van der Waals surface area contributed by atoms with Crippen LogP contribution in [0.2, 0.25) is 0 Å². The third kappa shape index (κ3) is 3.58. The van der Waals surface area contributed by atoms with Gasteiger partial charge in [0, 0.05) is 20.2 Å². The predicted molar refractivity (Wildman–Crippen MR) is 69.1 cm³/mol. The van der Waals surface area contributed by atoms with Crippen molar-refractivity contribution < 1.29 is 5.11 Å². The fraction of sp³-hybridized carbons (Fsp3) is 0.500. The molecule has 9 nitrogen and oxygen atoms in total. The number of aliphatic hydroxyl groups excluding tert-OH is 1. The standard InChI is InChI=1S/C10H16N8O/c1-11-8-15-9(13-4-2-3-5-19)17-10(16-8)18-7-12-6-14-18/h6-7,19H,2-5H2,1H3,(H2,11,13,15,16,17). The minimum atomic E-state index is 0.185. The largest absolute Gasteiger partial charge is 0.396 e. The van der Waals surface area contributed by atoms with Crippen molar-refractivity contribution >= 4 is 11.9 Å². The van der Waals surface area contributed by atoms with Gasteiger partial charge < -0.3 is 15.7 Å². The molecule has 0 saturated carbocycles. The number of unbranched alkanes of at least 4 members (excludes halogenated alkanes) is 1. The lowest BCUT2D eigenvalue weighted by atomic mass is 10.3. The highest BCUT2D eigenvalue weighted by Crippen LogP contribution is 2.07. The topological polar surface area (TPSA) is 114 Å². The molecule has 2 aromatic heterocycles. The van der Waals surface area contributed by atoms with Crippen LogP contribution < -0.4 is 10.6 Å². The van der Waals surface area contributed by atoms with Crippen LogP contribution in [0.15, 0.2) is 12.7 Å². The van der Waals surface area contributed by atoms with E-state index in [2.05, 4.69) is 35.7 Å². The van der Waals surface area contributed by atoms with Crippen LogP contribution >= 0.6 is 0 Å². The van der Waals surface area contributed by atoms with E-state index < -0.39 is 0 Å². The number of anilines is 2. The lowest BCUT2D eigenvalue weighted by Gasteiger charge is -2.07. The summed E-state index contributed by atoms with van der Waals surface area (Å²) in [5.74, 6) is 1.30. The van der Waals surface area contributed by atoms with Crippen molar-refractivity contribution in [3.05, 3.63) is 12.7 Å². The third-order valence-corrected chi connectivity index (χ3v) is 2.34. The van der Waals surface area contributed by atoms with Crippen LogP contribution in [0.5, 0.6) is 0 Å². The lowest BCUT2D eigenvalue weighted by Crippen LogP contribution is -2.12. The van der Waals surface area contributed by atoms with Crippen LogP contribution in [0.3, 0.4) is 0 Å². The summed E-state index contributed by atoms with van der Waals surface area (Å²) in [6.45, 7) is 0.870. The van der Waals surface area contributed by atoms with E-state index in [0.29, 0.717) is 24.4 Å². The number of aliphatic hydroxyl groups is 1. The predicted octanol–water partition coefficient (Wildman–Crippen LogP) is -0.322. The smallest absolute Gasteiger partial charge is 0.258 e. The van der Waals surface area contributed by atoms with Crippen molar-refractivity contribution in [3.63, 3.8) is 0 Å². The van der Waals surface area contributed by atoms with Crippen molar-refractivity contribution in [2.75, 3.05) is 30.8 Å². The van der Waals surface area contributed by atoms with Gasteiger partial charge in [-0.15, -0.1) is 0 Å². The molecule has 0 spiro atoms. The highest BCUT2D eigenvalue weighted by Gasteiger charge is 2.07. The van der Waals surface area contributed by atoms with E-state index in [9.17, 15) is 0 Å². The van der Waals surface area contributed by atoms with E-state index >= 15 is 0 Å². The third-order valence-electron chi connectivity index (χ3n) is 2.34. The molecule has 3 N–H and O–H groups in total. The van der Waals surface area contributed by atoms with Gasteiger partial charge in [-0.05, 0) is 12.8 Å². The molecule has 0 radical (unpaired) electrons. The SMILES string of the molecule is CNc1nc(NCCCCO)nc(-n2cncn2)n1. The van der Waals surface area contributed by atoms with Gasteiger partial charge in [-0.3, -0.25) is 0 Å². The molecule has 0 amide bonds. The second kappa shape index (κ2) is 6.59. The molecule has 2 heterocycles. The molecule has 0 fully saturated rings. The first-order valence-corrected chi connectivity index (χ1v) is 5.97. The quantitative estimate of drug-likeness (QED) is 0.583. The molecule has 0 unspecified atom stereocenters. The zero-order valence-corrected chi connectivity index (χ0v) is 10.6.